The highest BCUT2D eigenvalue weighted by Crippen LogP contribution is 2.21. The molecule has 2 aromatic rings. The highest BCUT2D eigenvalue weighted by atomic mass is 19.1. The Morgan fingerprint density at radius 1 is 1.13 bits per heavy atom. The van der Waals surface area contributed by atoms with Gasteiger partial charge in [-0.1, -0.05) is 12.1 Å². The van der Waals surface area contributed by atoms with E-state index in [1.165, 1.54) is 31.4 Å². The van der Waals surface area contributed by atoms with Crippen LogP contribution in [0.4, 0.5) is 4.39 Å². The molecule has 1 atom stereocenters. The molecule has 0 bridgehead atoms. The van der Waals surface area contributed by atoms with E-state index in [-0.39, 0.29) is 12.0 Å². The second-order valence-electron chi connectivity index (χ2n) is 4.90. The number of aliphatic carboxylic acids is 1. The van der Waals surface area contributed by atoms with Gasteiger partial charge in [0.15, 0.2) is 0 Å². The molecule has 2 N–H and O–H groups in total. The lowest BCUT2D eigenvalue weighted by Crippen LogP contribution is -2.30. The normalized spacial score (nSPS) is 11.6. The molecule has 2 rings (SSSR count). The van der Waals surface area contributed by atoms with Gasteiger partial charge in [-0.3, -0.25) is 9.59 Å². The van der Waals surface area contributed by atoms with Crippen molar-refractivity contribution in [1.29, 1.82) is 0 Å². The Hall–Kier alpha value is -2.89. The maximum absolute atomic E-state index is 12.9. The van der Waals surface area contributed by atoms with Gasteiger partial charge in [-0.2, -0.15) is 0 Å². The van der Waals surface area contributed by atoms with E-state index in [2.05, 4.69) is 5.32 Å². The van der Waals surface area contributed by atoms with Gasteiger partial charge in [-0.05, 0) is 42.0 Å². The number of methoxy groups -OCH3 is 1. The number of hydrogen-bond donors (Lipinski definition) is 2. The number of carbonyl (C=O) groups is 2. The number of ether oxygens (including phenoxy) is 1. The first-order chi connectivity index (χ1) is 11.0. The Morgan fingerprint density at radius 3 is 2.26 bits per heavy atom. The second-order valence-corrected chi connectivity index (χ2v) is 4.90. The van der Waals surface area contributed by atoms with E-state index in [1.807, 2.05) is 0 Å². The van der Waals surface area contributed by atoms with Gasteiger partial charge in [-0.15, -0.1) is 0 Å². The average Bonchev–Trinajstić information content (AvgIpc) is 2.54. The highest BCUT2D eigenvalue weighted by molar-refractivity contribution is 5.94. The molecular weight excluding hydrogens is 301 g/mol. The van der Waals surface area contributed by atoms with Gasteiger partial charge in [0.05, 0.1) is 19.6 Å². The number of amides is 1. The van der Waals surface area contributed by atoms with Crippen molar-refractivity contribution < 1.29 is 23.8 Å². The summed E-state index contributed by atoms with van der Waals surface area (Å²) in [5.41, 5.74) is 0.902. The topological polar surface area (TPSA) is 75.6 Å². The Kier molecular flexibility index (Phi) is 5.30. The maximum Gasteiger partial charge on any atom is 0.305 e. The molecule has 2 aromatic carbocycles. The van der Waals surface area contributed by atoms with Crippen LogP contribution in [0, 0.1) is 5.82 Å². The van der Waals surface area contributed by atoms with E-state index in [4.69, 9.17) is 9.84 Å². The van der Waals surface area contributed by atoms with Gasteiger partial charge in [-0.25, -0.2) is 4.39 Å². The largest absolute Gasteiger partial charge is 0.497 e. The molecule has 0 heterocycles. The van der Waals surface area contributed by atoms with E-state index in [1.54, 1.807) is 24.3 Å². The van der Waals surface area contributed by atoms with Crippen LogP contribution in [0.5, 0.6) is 5.75 Å². The number of halogens is 1. The van der Waals surface area contributed by atoms with Crippen molar-refractivity contribution in [3.8, 4) is 5.75 Å². The number of hydrogen-bond acceptors (Lipinski definition) is 3. The van der Waals surface area contributed by atoms with Crippen molar-refractivity contribution in [2.45, 2.75) is 12.5 Å². The molecule has 5 nitrogen and oxygen atoms in total. The van der Waals surface area contributed by atoms with Gasteiger partial charge in [0.25, 0.3) is 5.91 Å². The number of carboxylic acid groups (broad SMARTS) is 1. The van der Waals surface area contributed by atoms with E-state index in [9.17, 15) is 14.0 Å². The molecule has 0 aliphatic carbocycles. The SMILES string of the molecule is COc1ccc([C@H](CC(=O)O)NC(=O)c2ccc(F)cc2)cc1. The zero-order valence-electron chi connectivity index (χ0n) is 12.5. The molecule has 0 aliphatic rings. The molecule has 0 saturated heterocycles. The summed E-state index contributed by atoms with van der Waals surface area (Å²) in [6.45, 7) is 0. The minimum absolute atomic E-state index is 0.260. The molecule has 120 valence electrons. The molecule has 23 heavy (non-hydrogen) atoms. The molecule has 0 fully saturated rings. The number of rotatable bonds is 6. The van der Waals surface area contributed by atoms with Gasteiger partial charge >= 0.3 is 5.97 Å². The summed E-state index contributed by atoms with van der Waals surface area (Å²) in [4.78, 5) is 23.2. The Morgan fingerprint density at radius 2 is 1.74 bits per heavy atom. The third kappa shape index (κ3) is 4.54. The molecule has 1 amide bonds. The van der Waals surface area contributed by atoms with Gasteiger partial charge in [0.2, 0.25) is 0 Å². The van der Waals surface area contributed by atoms with Crippen molar-refractivity contribution in [2.24, 2.45) is 0 Å². The summed E-state index contributed by atoms with van der Waals surface area (Å²) >= 11 is 0. The minimum atomic E-state index is -1.04. The third-order valence-electron chi connectivity index (χ3n) is 3.31. The number of carboxylic acids is 1. The fourth-order valence-corrected chi connectivity index (χ4v) is 2.11. The maximum atomic E-state index is 12.9. The summed E-state index contributed by atoms with van der Waals surface area (Å²) in [7, 11) is 1.53. The van der Waals surface area contributed by atoms with Crippen LogP contribution in [0.3, 0.4) is 0 Å². The van der Waals surface area contributed by atoms with Crippen LogP contribution >= 0.6 is 0 Å². The summed E-state index contributed by atoms with van der Waals surface area (Å²) in [6, 6.07) is 11.1. The van der Waals surface area contributed by atoms with Crippen LogP contribution < -0.4 is 10.1 Å². The van der Waals surface area contributed by atoms with E-state index in [0.29, 0.717) is 11.3 Å². The number of nitrogens with one attached hydrogen (secondary N) is 1. The van der Waals surface area contributed by atoms with Crippen LogP contribution in [0.2, 0.25) is 0 Å². The monoisotopic (exact) mass is 317 g/mol. The second kappa shape index (κ2) is 7.40. The van der Waals surface area contributed by atoms with E-state index in [0.717, 1.165) is 0 Å². The summed E-state index contributed by atoms with van der Waals surface area (Å²) < 4.78 is 18.0. The number of benzene rings is 2. The fourth-order valence-electron chi connectivity index (χ4n) is 2.11. The summed E-state index contributed by atoms with van der Waals surface area (Å²) in [5.74, 6) is -1.32. The van der Waals surface area contributed by atoms with Crippen LogP contribution in [-0.2, 0) is 4.79 Å². The smallest absolute Gasteiger partial charge is 0.305 e. The minimum Gasteiger partial charge on any atom is -0.497 e. The predicted molar refractivity (Wildman–Crippen MR) is 81.9 cm³/mol. The first kappa shape index (κ1) is 16.5. The fraction of sp³-hybridized carbons (Fsp3) is 0.176. The Bertz CT molecular complexity index is 683. The van der Waals surface area contributed by atoms with Gasteiger partial charge in [0.1, 0.15) is 11.6 Å². The average molecular weight is 317 g/mol. The number of carbonyl (C=O) groups excluding carboxylic acids is 1. The third-order valence-corrected chi connectivity index (χ3v) is 3.31. The van der Waals surface area contributed by atoms with Crippen LogP contribution in [0.1, 0.15) is 28.4 Å². The van der Waals surface area contributed by atoms with Crippen molar-refractivity contribution in [3.63, 3.8) is 0 Å². The standard InChI is InChI=1S/C17H16FNO4/c1-23-14-8-4-11(5-9-14)15(10-16(20)21)19-17(22)12-2-6-13(18)7-3-12/h2-9,15H,10H2,1H3,(H,19,22)(H,20,21)/t15-/m0/s1. The van der Waals surface area contributed by atoms with Crippen LogP contribution in [-0.4, -0.2) is 24.1 Å². The summed E-state index contributed by atoms with van der Waals surface area (Å²) in [6.07, 6.45) is -0.265. The van der Waals surface area contributed by atoms with Gasteiger partial charge in [0, 0.05) is 5.56 Å². The first-order valence-corrected chi connectivity index (χ1v) is 6.92. The van der Waals surface area contributed by atoms with Crippen LogP contribution in [0.15, 0.2) is 48.5 Å². The van der Waals surface area contributed by atoms with Gasteiger partial charge < -0.3 is 15.2 Å². The zero-order chi connectivity index (χ0) is 16.8. The molecule has 6 heteroatoms. The van der Waals surface area contributed by atoms with Crippen molar-refractivity contribution >= 4 is 11.9 Å². The molecule has 0 radical (unpaired) electrons. The highest BCUT2D eigenvalue weighted by Gasteiger charge is 2.19. The predicted octanol–water partition coefficient (Wildman–Crippen LogP) is 2.78. The van der Waals surface area contributed by atoms with Crippen molar-refractivity contribution in [1.82, 2.24) is 5.32 Å². The van der Waals surface area contributed by atoms with E-state index >= 15 is 0 Å². The zero-order valence-corrected chi connectivity index (χ0v) is 12.5. The molecule has 0 aromatic heterocycles. The molecular formula is C17H16FNO4. The first-order valence-electron chi connectivity index (χ1n) is 6.92. The lowest BCUT2D eigenvalue weighted by Gasteiger charge is -2.18. The van der Waals surface area contributed by atoms with Crippen LogP contribution in [0.25, 0.3) is 0 Å². The Balaban J connectivity index is 2.18. The van der Waals surface area contributed by atoms with E-state index < -0.39 is 23.7 Å². The van der Waals surface area contributed by atoms with Crippen molar-refractivity contribution in [2.75, 3.05) is 7.11 Å². The van der Waals surface area contributed by atoms with Crippen molar-refractivity contribution in [3.05, 3.63) is 65.5 Å². The summed E-state index contributed by atoms with van der Waals surface area (Å²) in [5, 5.41) is 11.7. The molecule has 0 aliphatic heterocycles. The Labute approximate surface area is 132 Å². The molecule has 0 unspecified atom stereocenters. The molecule has 0 spiro atoms. The lowest BCUT2D eigenvalue weighted by molar-refractivity contribution is -0.137. The molecule has 0 saturated carbocycles. The lowest BCUT2D eigenvalue weighted by atomic mass is 10.0. The quantitative estimate of drug-likeness (QED) is 0.859.